The number of nitrogens with one attached hydrogen (secondary N) is 1. The molecule has 4 nitrogen and oxygen atoms in total. The standard InChI is InChI=1S/C20H25N3O/c1-13(19(24)22-18-5-3-2-4-17(18)12-21)23-20-9-14-6-15(10-20)8-16(7-14)11-20/h2-5,13-16,23H,6-11H2,1H3,(H,22,24)/p+1/t13-,14?,15?,16?,20?/m0/s1. The summed E-state index contributed by atoms with van der Waals surface area (Å²) in [5.74, 6) is 2.68. The number of amides is 1. The predicted molar refractivity (Wildman–Crippen MR) is 92.1 cm³/mol. The van der Waals surface area contributed by atoms with Crippen LogP contribution in [0.5, 0.6) is 0 Å². The van der Waals surface area contributed by atoms with Gasteiger partial charge in [0.05, 0.1) is 16.8 Å². The SMILES string of the molecule is C[C@H]([NH2+]C12CC3CC(CC(C3)C1)C2)C(=O)Nc1ccccc1C#N. The van der Waals surface area contributed by atoms with Gasteiger partial charge in [-0.3, -0.25) is 4.79 Å². The lowest BCUT2D eigenvalue weighted by molar-refractivity contribution is -0.754. The van der Waals surface area contributed by atoms with Gasteiger partial charge < -0.3 is 10.6 Å². The van der Waals surface area contributed by atoms with Gasteiger partial charge in [0, 0.05) is 19.3 Å². The highest BCUT2D eigenvalue weighted by Gasteiger charge is 2.54. The summed E-state index contributed by atoms with van der Waals surface area (Å²) in [7, 11) is 0. The predicted octanol–water partition coefficient (Wildman–Crippen LogP) is 2.42. The zero-order valence-corrected chi connectivity index (χ0v) is 14.3. The summed E-state index contributed by atoms with van der Waals surface area (Å²) in [5.41, 5.74) is 1.43. The largest absolute Gasteiger partial charge is 0.331 e. The van der Waals surface area contributed by atoms with Crippen molar-refractivity contribution in [1.29, 1.82) is 5.26 Å². The molecule has 0 saturated heterocycles. The molecule has 0 heterocycles. The Labute approximate surface area is 143 Å². The Morgan fingerprint density at radius 1 is 1.21 bits per heavy atom. The summed E-state index contributed by atoms with van der Waals surface area (Å²) in [4.78, 5) is 12.7. The quantitative estimate of drug-likeness (QED) is 0.893. The molecular weight excluding hydrogens is 298 g/mol. The molecular formula is C20H26N3O+. The summed E-state index contributed by atoms with van der Waals surface area (Å²) in [6, 6.07) is 9.23. The molecule has 0 aromatic heterocycles. The molecule has 5 rings (SSSR count). The summed E-state index contributed by atoms with van der Waals surface area (Å²) in [5, 5.41) is 14.5. The molecule has 0 aliphatic heterocycles. The molecule has 24 heavy (non-hydrogen) atoms. The van der Waals surface area contributed by atoms with E-state index in [1.807, 2.05) is 19.1 Å². The van der Waals surface area contributed by atoms with E-state index in [1.54, 1.807) is 12.1 Å². The first-order chi connectivity index (χ1) is 11.6. The molecule has 126 valence electrons. The van der Waals surface area contributed by atoms with Gasteiger partial charge in [0.2, 0.25) is 0 Å². The van der Waals surface area contributed by atoms with Crippen molar-refractivity contribution in [3.63, 3.8) is 0 Å². The van der Waals surface area contributed by atoms with Crippen LogP contribution in [0, 0.1) is 29.1 Å². The zero-order valence-electron chi connectivity index (χ0n) is 14.3. The van der Waals surface area contributed by atoms with E-state index < -0.39 is 0 Å². The Morgan fingerprint density at radius 2 is 1.79 bits per heavy atom. The zero-order chi connectivity index (χ0) is 16.7. The Kier molecular flexibility index (Phi) is 3.85. The van der Waals surface area contributed by atoms with Crippen LogP contribution in [0.4, 0.5) is 5.69 Å². The minimum Gasteiger partial charge on any atom is -0.331 e. The minimum absolute atomic E-state index is 0.00782. The van der Waals surface area contributed by atoms with E-state index in [0.717, 1.165) is 17.8 Å². The van der Waals surface area contributed by atoms with Crippen LogP contribution in [0.1, 0.15) is 51.0 Å². The lowest BCUT2D eigenvalue weighted by atomic mass is 9.53. The van der Waals surface area contributed by atoms with E-state index in [-0.39, 0.29) is 11.9 Å². The molecule has 1 atom stereocenters. The third kappa shape index (κ3) is 2.82. The van der Waals surface area contributed by atoms with Gasteiger partial charge in [0.25, 0.3) is 5.91 Å². The van der Waals surface area contributed by atoms with E-state index in [9.17, 15) is 10.1 Å². The van der Waals surface area contributed by atoms with Crippen molar-refractivity contribution in [2.24, 2.45) is 17.8 Å². The minimum atomic E-state index is -0.118. The fraction of sp³-hybridized carbons (Fsp3) is 0.600. The maximum Gasteiger partial charge on any atom is 0.282 e. The van der Waals surface area contributed by atoms with E-state index in [2.05, 4.69) is 16.7 Å². The van der Waals surface area contributed by atoms with Crippen molar-refractivity contribution in [1.82, 2.24) is 0 Å². The van der Waals surface area contributed by atoms with Crippen molar-refractivity contribution in [3.8, 4) is 6.07 Å². The Hall–Kier alpha value is -1.86. The van der Waals surface area contributed by atoms with Crippen LogP contribution in [-0.4, -0.2) is 17.5 Å². The maximum absolute atomic E-state index is 12.7. The van der Waals surface area contributed by atoms with Gasteiger partial charge in [-0.1, -0.05) is 12.1 Å². The molecule has 0 spiro atoms. The van der Waals surface area contributed by atoms with E-state index >= 15 is 0 Å². The topological polar surface area (TPSA) is 69.5 Å². The first-order valence-electron chi connectivity index (χ1n) is 9.23. The molecule has 3 N–H and O–H groups in total. The highest BCUT2D eigenvalue weighted by Crippen LogP contribution is 2.54. The molecule has 0 radical (unpaired) electrons. The van der Waals surface area contributed by atoms with Gasteiger partial charge in [-0.25, -0.2) is 0 Å². The fourth-order valence-corrected chi connectivity index (χ4v) is 5.92. The smallest absolute Gasteiger partial charge is 0.282 e. The molecule has 4 saturated carbocycles. The second kappa shape index (κ2) is 5.89. The highest BCUT2D eigenvalue weighted by atomic mass is 16.2. The van der Waals surface area contributed by atoms with E-state index in [1.165, 1.54) is 38.5 Å². The van der Waals surface area contributed by atoms with Crippen molar-refractivity contribution in [3.05, 3.63) is 29.8 Å². The molecule has 1 aromatic carbocycles. The van der Waals surface area contributed by atoms with Crippen molar-refractivity contribution in [2.75, 3.05) is 5.32 Å². The van der Waals surface area contributed by atoms with Crippen LogP contribution in [0.3, 0.4) is 0 Å². The number of nitrogens with zero attached hydrogens (tertiary/aromatic N) is 1. The molecule has 0 unspecified atom stereocenters. The normalized spacial score (nSPS) is 34.6. The fourth-order valence-electron chi connectivity index (χ4n) is 5.92. The molecule has 1 amide bonds. The number of para-hydroxylation sites is 1. The number of hydrogen-bond acceptors (Lipinski definition) is 2. The van der Waals surface area contributed by atoms with Crippen LogP contribution < -0.4 is 10.6 Å². The Morgan fingerprint density at radius 3 is 2.38 bits per heavy atom. The summed E-state index contributed by atoms with van der Waals surface area (Å²) in [6.45, 7) is 2.00. The third-order valence-electron chi connectivity index (χ3n) is 6.41. The highest BCUT2D eigenvalue weighted by molar-refractivity contribution is 5.94. The maximum atomic E-state index is 12.7. The van der Waals surface area contributed by atoms with Crippen LogP contribution in [0.2, 0.25) is 0 Å². The number of carbonyl (C=O) groups is 1. The van der Waals surface area contributed by atoms with Crippen molar-refractivity contribution < 1.29 is 10.1 Å². The molecule has 1 aromatic rings. The van der Waals surface area contributed by atoms with Crippen LogP contribution >= 0.6 is 0 Å². The van der Waals surface area contributed by atoms with Crippen LogP contribution in [-0.2, 0) is 4.79 Å². The Balaban J connectivity index is 1.44. The van der Waals surface area contributed by atoms with Gasteiger partial charge in [-0.2, -0.15) is 5.26 Å². The molecule has 4 heteroatoms. The van der Waals surface area contributed by atoms with Crippen molar-refractivity contribution in [2.45, 2.75) is 57.0 Å². The van der Waals surface area contributed by atoms with Gasteiger partial charge >= 0.3 is 0 Å². The van der Waals surface area contributed by atoms with E-state index in [0.29, 0.717) is 16.8 Å². The molecule has 4 fully saturated rings. The number of carbonyl (C=O) groups excluding carboxylic acids is 1. The number of rotatable bonds is 4. The average Bonchev–Trinajstić information content (AvgIpc) is 2.53. The number of anilines is 1. The Bertz CT molecular complexity index is 655. The average molecular weight is 324 g/mol. The summed E-state index contributed by atoms with van der Waals surface area (Å²) in [6.07, 6.45) is 8.11. The first kappa shape index (κ1) is 15.7. The van der Waals surface area contributed by atoms with E-state index in [4.69, 9.17) is 0 Å². The number of quaternary nitrogens is 1. The first-order valence-corrected chi connectivity index (χ1v) is 9.23. The van der Waals surface area contributed by atoms with Crippen LogP contribution in [0.25, 0.3) is 0 Å². The van der Waals surface area contributed by atoms with Gasteiger partial charge in [0.15, 0.2) is 6.04 Å². The second-order valence-electron chi connectivity index (χ2n) is 8.38. The lowest BCUT2D eigenvalue weighted by Gasteiger charge is -2.55. The number of nitriles is 1. The number of benzene rings is 1. The molecule has 4 aliphatic rings. The number of hydrogen-bond donors (Lipinski definition) is 2. The molecule has 4 aliphatic carbocycles. The van der Waals surface area contributed by atoms with Gasteiger partial charge in [-0.15, -0.1) is 0 Å². The third-order valence-corrected chi connectivity index (χ3v) is 6.41. The lowest BCUT2D eigenvalue weighted by Crippen LogP contribution is -3.03. The van der Waals surface area contributed by atoms with Gasteiger partial charge in [0.1, 0.15) is 6.07 Å². The monoisotopic (exact) mass is 324 g/mol. The second-order valence-corrected chi connectivity index (χ2v) is 8.38. The van der Waals surface area contributed by atoms with Gasteiger partial charge in [-0.05, 0) is 56.1 Å². The van der Waals surface area contributed by atoms with Crippen molar-refractivity contribution >= 4 is 11.6 Å². The number of nitrogens with two attached hydrogens (primary N) is 1. The summed E-state index contributed by atoms with van der Waals surface area (Å²) >= 11 is 0. The molecule has 4 bridgehead atoms. The van der Waals surface area contributed by atoms with Crippen LogP contribution in [0.15, 0.2) is 24.3 Å². The summed E-state index contributed by atoms with van der Waals surface area (Å²) < 4.78 is 0.